The zero-order valence-corrected chi connectivity index (χ0v) is 12.5. The molecule has 0 aliphatic heterocycles. The lowest BCUT2D eigenvalue weighted by molar-refractivity contribution is 0.479. The summed E-state index contributed by atoms with van der Waals surface area (Å²) in [6.45, 7) is 4.40. The molecule has 112 valence electrons. The Morgan fingerprint density at radius 3 is 2.43 bits per heavy atom. The van der Waals surface area contributed by atoms with Crippen molar-refractivity contribution in [1.82, 2.24) is 5.32 Å². The Labute approximate surface area is 125 Å². The van der Waals surface area contributed by atoms with Crippen LogP contribution in [0.4, 0.5) is 8.78 Å². The van der Waals surface area contributed by atoms with Crippen molar-refractivity contribution in [2.45, 2.75) is 32.7 Å². The van der Waals surface area contributed by atoms with Crippen molar-refractivity contribution in [2.75, 3.05) is 6.54 Å². The summed E-state index contributed by atoms with van der Waals surface area (Å²) in [6.07, 6.45) is 1.63. The van der Waals surface area contributed by atoms with Gasteiger partial charge in [0, 0.05) is 17.7 Å². The number of nitrogens with one attached hydrogen (secondary N) is 1. The Kier molecular flexibility index (Phi) is 5.45. The Morgan fingerprint density at radius 2 is 1.76 bits per heavy atom. The molecule has 21 heavy (non-hydrogen) atoms. The first kappa shape index (κ1) is 15.6. The Balaban J connectivity index is 2.17. The predicted molar refractivity (Wildman–Crippen MR) is 82.3 cm³/mol. The largest absolute Gasteiger partial charge is 0.310 e. The third-order valence-electron chi connectivity index (χ3n) is 3.67. The van der Waals surface area contributed by atoms with Crippen LogP contribution in [0.15, 0.2) is 42.5 Å². The first-order valence-electron chi connectivity index (χ1n) is 7.34. The van der Waals surface area contributed by atoms with Crippen molar-refractivity contribution in [3.05, 3.63) is 70.8 Å². The van der Waals surface area contributed by atoms with Gasteiger partial charge in [0.1, 0.15) is 11.6 Å². The van der Waals surface area contributed by atoms with Crippen molar-refractivity contribution >= 4 is 0 Å². The molecule has 0 amide bonds. The van der Waals surface area contributed by atoms with Crippen LogP contribution in [0.1, 0.15) is 36.1 Å². The van der Waals surface area contributed by atoms with E-state index >= 15 is 0 Å². The van der Waals surface area contributed by atoms with E-state index in [1.807, 2.05) is 25.1 Å². The topological polar surface area (TPSA) is 12.0 Å². The number of aryl methyl sites for hydroxylation is 2. The van der Waals surface area contributed by atoms with Crippen LogP contribution < -0.4 is 5.32 Å². The van der Waals surface area contributed by atoms with Crippen molar-refractivity contribution in [1.29, 1.82) is 0 Å². The molecule has 0 bridgehead atoms. The van der Waals surface area contributed by atoms with Crippen LogP contribution in [0.2, 0.25) is 0 Å². The molecule has 0 spiro atoms. The number of rotatable bonds is 6. The summed E-state index contributed by atoms with van der Waals surface area (Å²) in [5.74, 6) is -0.966. The quantitative estimate of drug-likeness (QED) is 0.822. The van der Waals surface area contributed by atoms with Gasteiger partial charge in [-0.25, -0.2) is 8.78 Å². The molecule has 0 fully saturated rings. The average Bonchev–Trinajstić information content (AvgIpc) is 2.48. The molecular formula is C18H21F2N. The lowest BCUT2D eigenvalue weighted by Gasteiger charge is -2.20. The fourth-order valence-electron chi connectivity index (χ4n) is 2.52. The first-order chi connectivity index (χ1) is 10.1. The van der Waals surface area contributed by atoms with Crippen LogP contribution in [-0.4, -0.2) is 6.54 Å². The molecule has 0 saturated carbocycles. The van der Waals surface area contributed by atoms with E-state index in [-0.39, 0.29) is 6.04 Å². The van der Waals surface area contributed by atoms with Gasteiger partial charge in [-0.1, -0.05) is 37.3 Å². The van der Waals surface area contributed by atoms with Crippen molar-refractivity contribution in [3.8, 4) is 0 Å². The van der Waals surface area contributed by atoms with E-state index in [2.05, 4.69) is 17.4 Å². The fraction of sp³-hybridized carbons (Fsp3) is 0.333. The molecule has 2 rings (SSSR count). The van der Waals surface area contributed by atoms with Gasteiger partial charge in [-0.2, -0.15) is 0 Å². The third-order valence-corrected chi connectivity index (χ3v) is 3.67. The maximum Gasteiger partial charge on any atom is 0.130 e. The molecule has 2 aromatic carbocycles. The predicted octanol–water partition coefficient (Wildman–Crippen LogP) is 4.56. The highest BCUT2D eigenvalue weighted by molar-refractivity contribution is 5.28. The second-order valence-corrected chi connectivity index (χ2v) is 5.26. The van der Waals surface area contributed by atoms with Crippen LogP contribution in [-0.2, 0) is 6.42 Å². The lowest BCUT2D eigenvalue weighted by Crippen LogP contribution is -2.23. The molecular weight excluding hydrogens is 268 g/mol. The molecule has 0 aromatic heterocycles. The SMILES string of the molecule is CCNC(CCc1ccccc1)c1cc(C)c(F)cc1F. The van der Waals surface area contributed by atoms with Crippen LogP contribution in [0.5, 0.6) is 0 Å². The lowest BCUT2D eigenvalue weighted by atomic mass is 9.97. The van der Waals surface area contributed by atoms with Gasteiger partial charge in [-0.3, -0.25) is 0 Å². The van der Waals surface area contributed by atoms with E-state index in [1.165, 1.54) is 5.56 Å². The second-order valence-electron chi connectivity index (χ2n) is 5.26. The molecule has 0 saturated heterocycles. The number of halogens is 2. The van der Waals surface area contributed by atoms with Crippen LogP contribution >= 0.6 is 0 Å². The highest BCUT2D eigenvalue weighted by Gasteiger charge is 2.17. The molecule has 0 aliphatic rings. The molecule has 3 heteroatoms. The van der Waals surface area contributed by atoms with Crippen molar-refractivity contribution in [2.24, 2.45) is 0 Å². The summed E-state index contributed by atoms with van der Waals surface area (Å²) in [5.41, 5.74) is 2.25. The van der Waals surface area contributed by atoms with E-state index in [0.29, 0.717) is 11.1 Å². The van der Waals surface area contributed by atoms with Crippen LogP contribution in [0, 0.1) is 18.6 Å². The molecule has 0 heterocycles. The average molecular weight is 289 g/mol. The molecule has 0 radical (unpaired) electrons. The van der Waals surface area contributed by atoms with Gasteiger partial charge in [0.25, 0.3) is 0 Å². The molecule has 1 unspecified atom stereocenters. The smallest absolute Gasteiger partial charge is 0.130 e. The molecule has 1 atom stereocenters. The van der Waals surface area contributed by atoms with Crippen LogP contribution in [0.25, 0.3) is 0 Å². The summed E-state index contributed by atoms with van der Waals surface area (Å²) in [6, 6.07) is 12.6. The number of hydrogen-bond acceptors (Lipinski definition) is 1. The molecule has 2 aromatic rings. The number of hydrogen-bond donors (Lipinski definition) is 1. The summed E-state index contributed by atoms with van der Waals surface area (Å²) < 4.78 is 27.4. The van der Waals surface area contributed by atoms with Gasteiger partial charge in [-0.15, -0.1) is 0 Å². The summed E-state index contributed by atoms with van der Waals surface area (Å²) >= 11 is 0. The highest BCUT2D eigenvalue weighted by atomic mass is 19.1. The first-order valence-corrected chi connectivity index (χ1v) is 7.34. The summed E-state index contributed by atoms with van der Waals surface area (Å²) in [7, 11) is 0. The maximum atomic E-state index is 14.0. The summed E-state index contributed by atoms with van der Waals surface area (Å²) in [5, 5.41) is 3.29. The van der Waals surface area contributed by atoms with Gasteiger partial charge in [0.2, 0.25) is 0 Å². The van der Waals surface area contributed by atoms with Gasteiger partial charge in [0.05, 0.1) is 0 Å². The minimum atomic E-state index is -0.491. The monoisotopic (exact) mass is 289 g/mol. The Bertz CT molecular complexity index is 581. The Hall–Kier alpha value is -1.74. The van der Waals surface area contributed by atoms with Gasteiger partial charge in [-0.05, 0) is 43.5 Å². The van der Waals surface area contributed by atoms with Gasteiger partial charge in [0.15, 0.2) is 0 Å². The maximum absolute atomic E-state index is 14.0. The van der Waals surface area contributed by atoms with E-state index in [1.54, 1.807) is 13.0 Å². The van der Waals surface area contributed by atoms with Crippen molar-refractivity contribution < 1.29 is 8.78 Å². The summed E-state index contributed by atoms with van der Waals surface area (Å²) in [4.78, 5) is 0. The van der Waals surface area contributed by atoms with E-state index < -0.39 is 11.6 Å². The molecule has 0 aliphatic carbocycles. The zero-order valence-electron chi connectivity index (χ0n) is 12.5. The Morgan fingerprint density at radius 1 is 1.05 bits per heavy atom. The fourth-order valence-corrected chi connectivity index (χ4v) is 2.52. The van der Waals surface area contributed by atoms with Crippen LogP contribution in [0.3, 0.4) is 0 Å². The molecule has 1 N–H and O–H groups in total. The normalized spacial score (nSPS) is 12.4. The minimum absolute atomic E-state index is 0.102. The minimum Gasteiger partial charge on any atom is -0.310 e. The van der Waals surface area contributed by atoms with Gasteiger partial charge >= 0.3 is 0 Å². The standard InChI is InChI=1S/C18H21F2N/c1-3-21-18(10-9-14-7-5-4-6-8-14)15-11-13(2)16(19)12-17(15)20/h4-8,11-12,18,21H,3,9-10H2,1-2H3. The molecule has 1 nitrogen and oxygen atoms in total. The van der Waals surface area contributed by atoms with E-state index in [9.17, 15) is 8.78 Å². The van der Waals surface area contributed by atoms with Gasteiger partial charge < -0.3 is 5.32 Å². The van der Waals surface area contributed by atoms with E-state index in [0.717, 1.165) is 25.5 Å². The van der Waals surface area contributed by atoms with E-state index in [4.69, 9.17) is 0 Å². The second kappa shape index (κ2) is 7.32. The third kappa shape index (κ3) is 4.11. The van der Waals surface area contributed by atoms with Crippen molar-refractivity contribution in [3.63, 3.8) is 0 Å². The highest BCUT2D eigenvalue weighted by Crippen LogP contribution is 2.24. The number of benzene rings is 2. The zero-order chi connectivity index (χ0) is 15.2.